The number of piperidine rings is 1. The number of nitrogens with zero attached hydrogens (tertiary/aromatic N) is 4. The SMILES string of the molecule is CN(C)c1nc(N2CCC(CNS(=O)(=O)c3cc(OCC(F)(F)F)ccc3OCC(F)(F)F)CC2)nc2ccccc12. The number of ether oxygens (including phenoxy) is 2. The number of aromatic nitrogens is 2. The van der Waals surface area contributed by atoms with Crippen LogP contribution in [0.4, 0.5) is 38.1 Å². The minimum Gasteiger partial charge on any atom is -0.484 e. The fraction of sp³-hybridized carbons (Fsp3) is 0.462. The topological polar surface area (TPSA) is 96.9 Å². The molecule has 0 unspecified atom stereocenters. The summed E-state index contributed by atoms with van der Waals surface area (Å²) in [6.45, 7) is -2.50. The minimum atomic E-state index is -4.77. The van der Waals surface area contributed by atoms with Crippen LogP contribution in [0.1, 0.15) is 12.8 Å². The monoisotopic (exact) mass is 621 g/mol. The number of benzene rings is 2. The summed E-state index contributed by atoms with van der Waals surface area (Å²) >= 11 is 0. The molecule has 0 aliphatic carbocycles. The maximum Gasteiger partial charge on any atom is 0.422 e. The van der Waals surface area contributed by atoms with Crippen molar-refractivity contribution >= 4 is 32.7 Å². The van der Waals surface area contributed by atoms with E-state index in [9.17, 15) is 34.8 Å². The van der Waals surface area contributed by atoms with Crippen LogP contribution in [0.25, 0.3) is 10.9 Å². The largest absolute Gasteiger partial charge is 0.484 e. The smallest absolute Gasteiger partial charge is 0.422 e. The first-order valence-corrected chi connectivity index (χ1v) is 14.3. The Labute approximate surface area is 238 Å². The van der Waals surface area contributed by atoms with Crippen LogP contribution in [0.2, 0.25) is 0 Å². The van der Waals surface area contributed by atoms with Gasteiger partial charge in [-0.25, -0.2) is 18.1 Å². The van der Waals surface area contributed by atoms with Crippen molar-refractivity contribution < 1.29 is 44.2 Å². The molecule has 1 aliphatic heterocycles. The van der Waals surface area contributed by atoms with Crippen LogP contribution in [0, 0.1) is 5.92 Å². The van der Waals surface area contributed by atoms with Crippen molar-refractivity contribution in [1.29, 1.82) is 0 Å². The summed E-state index contributed by atoms with van der Waals surface area (Å²) in [6.07, 6.45) is -8.36. The molecule has 1 aromatic heterocycles. The first-order valence-electron chi connectivity index (χ1n) is 12.8. The number of rotatable bonds is 10. The first kappa shape index (κ1) is 31.4. The van der Waals surface area contributed by atoms with E-state index in [-0.39, 0.29) is 12.5 Å². The lowest BCUT2D eigenvalue weighted by molar-refractivity contribution is -0.154. The Morgan fingerprint density at radius 1 is 0.952 bits per heavy atom. The molecule has 1 N–H and O–H groups in total. The number of anilines is 2. The zero-order valence-electron chi connectivity index (χ0n) is 22.7. The highest BCUT2D eigenvalue weighted by molar-refractivity contribution is 7.89. The summed E-state index contributed by atoms with van der Waals surface area (Å²) in [4.78, 5) is 12.5. The van der Waals surface area contributed by atoms with E-state index >= 15 is 0 Å². The van der Waals surface area contributed by atoms with Gasteiger partial charge in [0.15, 0.2) is 13.2 Å². The van der Waals surface area contributed by atoms with Gasteiger partial charge in [-0.15, -0.1) is 0 Å². The minimum absolute atomic E-state index is 0.0515. The Morgan fingerprint density at radius 2 is 1.60 bits per heavy atom. The van der Waals surface area contributed by atoms with Crippen molar-refractivity contribution in [1.82, 2.24) is 14.7 Å². The van der Waals surface area contributed by atoms with Crippen LogP contribution in [-0.2, 0) is 10.0 Å². The van der Waals surface area contributed by atoms with Crippen LogP contribution >= 0.6 is 0 Å². The number of fused-ring (bicyclic) bond motifs is 1. The Balaban J connectivity index is 1.44. The molecule has 2 aromatic carbocycles. The molecule has 0 bridgehead atoms. The molecule has 3 aromatic rings. The van der Waals surface area contributed by atoms with E-state index < -0.39 is 52.0 Å². The van der Waals surface area contributed by atoms with Crippen molar-refractivity contribution in [2.45, 2.75) is 30.1 Å². The van der Waals surface area contributed by atoms with Gasteiger partial charge in [-0.1, -0.05) is 12.1 Å². The molecule has 0 spiro atoms. The second kappa shape index (κ2) is 12.4. The summed E-state index contributed by atoms with van der Waals surface area (Å²) in [5, 5.41) is 0.905. The summed E-state index contributed by atoms with van der Waals surface area (Å²) in [5.41, 5.74) is 0.783. The molecule has 230 valence electrons. The van der Waals surface area contributed by atoms with Gasteiger partial charge < -0.3 is 19.3 Å². The number of hydrogen-bond donors (Lipinski definition) is 1. The van der Waals surface area contributed by atoms with Crippen LogP contribution in [0.5, 0.6) is 11.5 Å². The van der Waals surface area contributed by atoms with E-state index in [1.807, 2.05) is 48.2 Å². The number of hydrogen-bond acceptors (Lipinski definition) is 8. The molecule has 0 amide bonds. The molecular weight excluding hydrogens is 592 g/mol. The quantitative estimate of drug-likeness (QED) is 0.324. The summed E-state index contributed by atoms with van der Waals surface area (Å²) < 4.78 is 114. The van der Waals surface area contributed by atoms with Gasteiger partial charge in [0.25, 0.3) is 0 Å². The number of halogens is 6. The van der Waals surface area contributed by atoms with Crippen molar-refractivity contribution in [3.8, 4) is 11.5 Å². The van der Waals surface area contributed by atoms with Crippen molar-refractivity contribution in [2.24, 2.45) is 5.92 Å². The highest BCUT2D eigenvalue weighted by Gasteiger charge is 2.32. The van der Waals surface area contributed by atoms with E-state index in [0.717, 1.165) is 28.9 Å². The zero-order chi connectivity index (χ0) is 30.7. The zero-order valence-corrected chi connectivity index (χ0v) is 23.5. The second-order valence-corrected chi connectivity index (χ2v) is 11.7. The molecular formula is C26H29F6N5O4S. The number of nitrogens with one attached hydrogen (secondary N) is 1. The first-order chi connectivity index (χ1) is 19.6. The van der Waals surface area contributed by atoms with Gasteiger partial charge in [0.1, 0.15) is 22.2 Å². The molecule has 1 fully saturated rings. The van der Waals surface area contributed by atoms with Crippen LogP contribution in [0.3, 0.4) is 0 Å². The molecule has 16 heteroatoms. The standard InChI is InChI=1S/C26H29F6N5O4S/c1-36(2)23-19-5-3-4-6-20(19)34-24(35-23)37-11-9-17(10-12-37)14-33-42(38,39)22-13-18(40-15-25(27,28)29)7-8-21(22)41-16-26(30,31)32/h3-8,13,17,33H,9-12,14-16H2,1-2H3. The summed E-state index contributed by atoms with van der Waals surface area (Å²) in [6, 6.07) is 10.1. The number of sulfonamides is 1. The third kappa shape index (κ3) is 8.27. The van der Waals surface area contributed by atoms with E-state index in [1.54, 1.807) is 0 Å². The van der Waals surface area contributed by atoms with Crippen molar-refractivity contribution in [3.63, 3.8) is 0 Å². The van der Waals surface area contributed by atoms with Crippen molar-refractivity contribution in [3.05, 3.63) is 42.5 Å². The molecule has 1 saturated heterocycles. The number of alkyl halides is 6. The predicted octanol–water partition coefficient (Wildman–Crippen LogP) is 4.77. The Hall–Kier alpha value is -3.53. The van der Waals surface area contributed by atoms with Gasteiger partial charge in [0, 0.05) is 45.2 Å². The summed E-state index contributed by atoms with van der Waals surface area (Å²) in [5.74, 6) is 0.00929. The van der Waals surface area contributed by atoms with Crippen LogP contribution < -0.4 is 24.0 Å². The van der Waals surface area contributed by atoms with Crippen LogP contribution in [-0.4, -0.2) is 77.7 Å². The third-order valence-corrected chi connectivity index (χ3v) is 7.90. The summed E-state index contributed by atoms with van der Waals surface area (Å²) in [7, 11) is -0.720. The van der Waals surface area contributed by atoms with Gasteiger partial charge in [-0.3, -0.25) is 0 Å². The fourth-order valence-electron chi connectivity index (χ4n) is 4.40. The molecule has 42 heavy (non-hydrogen) atoms. The number of para-hydroxylation sites is 1. The van der Waals surface area contributed by atoms with Gasteiger partial charge in [-0.2, -0.15) is 31.3 Å². The molecule has 1 aliphatic rings. The van der Waals surface area contributed by atoms with Gasteiger partial charge >= 0.3 is 12.4 Å². The highest BCUT2D eigenvalue weighted by atomic mass is 32.2. The molecule has 0 saturated carbocycles. The third-order valence-electron chi connectivity index (χ3n) is 6.45. The Bertz CT molecular complexity index is 1490. The molecule has 9 nitrogen and oxygen atoms in total. The van der Waals surface area contributed by atoms with Crippen molar-refractivity contribution in [2.75, 3.05) is 56.7 Å². The van der Waals surface area contributed by atoms with Gasteiger partial charge in [-0.05, 0) is 43.0 Å². The van der Waals surface area contributed by atoms with Gasteiger partial charge in [0.05, 0.1) is 5.52 Å². The maximum atomic E-state index is 13.1. The maximum absolute atomic E-state index is 13.1. The lowest BCUT2D eigenvalue weighted by Gasteiger charge is -2.32. The Morgan fingerprint density at radius 3 is 2.24 bits per heavy atom. The van der Waals surface area contributed by atoms with E-state index in [1.165, 1.54) is 0 Å². The van der Waals surface area contributed by atoms with E-state index in [0.29, 0.717) is 37.9 Å². The normalized spacial score (nSPS) is 15.2. The second-order valence-electron chi connectivity index (χ2n) is 9.96. The molecule has 0 atom stereocenters. The molecule has 0 radical (unpaired) electrons. The predicted molar refractivity (Wildman–Crippen MR) is 144 cm³/mol. The Kier molecular flexibility index (Phi) is 9.25. The van der Waals surface area contributed by atoms with Gasteiger partial charge in [0.2, 0.25) is 16.0 Å². The molecule has 4 rings (SSSR count). The average Bonchev–Trinajstić information content (AvgIpc) is 2.93. The van der Waals surface area contributed by atoms with E-state index in [2.05, 4.69) is 19.2 Å². The van der Waals surface area contributed by atoms with Crippen LogP contribution in [0.15, 0.2) is 47.4 Å². The lowest BCUT2D eigenvalue weighted by atomic mass is 9.97. The fourth-order valence-corrected chi connectivity index (χ4v) is 5.68. The van der Waals surface area contributed by atoms with E-state index in [4.69, 9.17) is 4.98 Å². The lowest BCUT2D eigenvalue weighted by Crippen LogP contribution is -2.39. The molecule has 2 heterocycles. The average molecular weight is 622 g/mol. The highest BCUT2D eigenvalue weighted by Crippen LogP contribution is 2.32.